The number of rotatable bonds is 2. The number of halogens is 1. The predicted molar refractivity (Wildman–Crippen MR) is 97.0 cm³/mol. The van der Waals surface area contributed by atoms with Crippen LogP contribution in [0.25, 0.3) is 5.69 Å². The van der Waals surface area contributed by atoms with E-state index in [-0.39, 0.29) is 5.69 Å². The minimum absolute atomic E-state index is 0.0702. The number of imidazole rings is 1. The highest BCUT2D eigenvalue weighted by Gasteiger charge is 2.28. The summed E-state index contributed by atoms with van der Waals surface area (Å²) in [5, 5.41) is 22.3. The summed E-state index contributed by atoms with van der Waals surface area (Å²) in [7, 11) is 0. The molecular weight excluding hydrogens is 356 g/mol. The molecule has 0 radical (unpaired) electrons. The second-order valence-electron chi connectivity index (χ2n) is 5.88. The van der Waals surface area contributed by atoms with Gasteiger partial charge < -0.3 is 5.11 Å². The second kappa shape index (κ2) is 6.05. The van der Waals surface area contributed by atoms with Gasteiger partial charge in [0.05, 0.1) is 16.3 Å². The normalized spacial score (nSPS) is 15.7. The first-order valence-electron chi connectivity index (χ1n) is 7.81. The van der Waals surface area contributed by atoms with Crippen LogP contribution in [-0.2, 0) is 0 Å². The lowest BCUT2D eigenvalue weighted by atomic mass is 9.99. The highest BCUT2D eigenvalue weighted by atomic mass is 35.5. The van der Waals surface area contributed by atoms with Crippen molar-refractivity contribution < 1.29 is 10.0 Å². The summed E-state index contributed by atoms with van der Waals surface area (Å²) < 4.78 is 1.75. The summed E-state index contributed by atoms with van der Waals surface area (Å²) in [6.07, 6.45) is 0.404. The number of non-ortho nitro benzene ring substituents is 1. The Labute approximate surface area is 153 Å². The third kappa shape index (κ3) is 2.49. The standard InChI is InChI=1S/C18H13ClN4O3/c1-10-9-20-17-18(24)21-16(12-4-2-3-5-14(12)19)13-8-11(23(25)26)6-7-15(13)22(10)17/h2-9,18,24H,1H3. The molecule has 1 N–H and O–H groups in total. The molecule has 1 atom stereocenters. The Morgan fingerprint density at radius 2 is 2.00 bits per heavy atom. The zero-order valence-electron chi connectivity index (χ0n) is 13.6. The average molecular weight is 369 g/mol. The number of hydrogen-bond donors (Lipinski definition) is 1. The van der Waals surface area contributed by atoms with Crippen LogP contribution in [0, 0.1) is 17.0 Å². The third-order valence-corrected chi connectivity index (χ3v) is 4.59. The lowest BCUT2D eigenvalue weighted by molar-refractivity contribution is -0.384. The van der Waals surface area contributed by atoms with Crippen molar-refractivity contribution in [1.29, 1.82) is 0 Å². The van der Waals surface area contributed by atoms with Gasteiger partial charge in [0.25, 0.3) is 5.69 Å². The van der Waals surface area contributed by atoms with Gasteiger partial charge in [0.2, 0.25) is 6.23 Å². The summed E-state index contributed by atoms with van der Waals surface area (Å²) in [5.41, 5.74) is 2.83. The van der Waals surface area contributed by atoms with Crippen LogP contribution < -0.4 is 0 Å². The maximum Gasteiger partial charge on any atom is 0.270 e. The van der Waals surface area contributed by atoms with Crippen molar-refractivity contribution >= 4 is 23.0 Å². The molecule has 2 aromatic carbocycles. The van der Waals surface area contributed by atoms with Crippen molar-refractivity contribution in [2.45, 2.75) is 13.2 Å². The molecule has 26 heavy (non-hydrogen) atoms. The number of fused-ring (bicyclic) bond motifs is 3. The van der Waals surface area contributed by atoms with E-state index in [0.29, 0.717) is 33.4 Å². The maximum absolute atomic E-state index is 11.3. The van der Waals surface area contributed by atoms with Gasteiger partial charge in [0.15, 0.2) is 5.82 Å². The van der Waals surface area contributed by atoms with E-state index in [1.807, 2.05) is 6.92 Å². The van der Waals surface area contributed by atoms with Crippen molar-refractivity contribution in [2.75, 3.05) is 0 Å². The number of hydrogen-bond acceptors (Lipinski definition) is 5. The minimum Gasteiger partial charge on any atom is -0.365 e. The Morgan fingerprint density at radius 1 is 1.23 bits per heavy atom. The third-order valence-electron chi connectivity index (χ3n) is 4.26. The van der Waals surface area contributed by atoms with Gasteiger partial charge in [-0.2, -0.15) is 0 Å². The van der Waals surface area contributed by atoms with E-state index in [0.717, 1.165) is 5.69 Å². The number of aliphatic hydroxyl groups excluding tert-OH is 1. The number of aromatic nitrogens is 2. The first-order valence-corrected chi connectivity index (χ1v) is 8.19. The van der Waals surface area contributed by atoms with E-state index in [1.165, 1.54) is 12.1 Å². The van der Waals surface area contributed by atoms with E-state index in [4.69, 9.17) is 11.6 Å². The highest BCUT2D eigenvalue weighted by Crippen LogP contribution is 2.33. The van der Waals surface area contributed by atoms with E-state index in [2.05, 4.69) is 9.98 Å². The average Bonchev–Trinajstić information content (AvgIpc) is 2.95. The molecule has 130 valence electrons. The van der Waals surface area contributed by atoms with Gasteiger partial charge in [-0.05, 0) is 19.1 Å². The van der Waals surface area contributed by atoms with Crippen molar-refractivity contribution in [3.8, 4) is 5.69 Å². The van der Waals surface area contributed by atoms with Crippen LogP contribution in [0.1, 0.15) is 28.9 Å². The second-order valence-corrected chi connectivity index (χ2v) is 6.29. The topological polar surface area (TPSA) is 93.5 Å². The Morgan fingerprint density at radius 3 is 2.73 bits per heavy atom. The Balaban J connectivity index is 2.07. The molecule has 1 unspecified atom stereocenters. The van der Waals surface area contributed by atoms with E-state index in [1.54, 1.807) is 41.1 Å². The van der Waals surface area contributed by atoms with Gasteiger partial charge in [-0.15, -0.1) is 0 Å². The smallest absolute Gasteiger partial charge is 0.270 e. The van der Waals surface area contributed by atoms with Crippen LogP contribution in [0.5, 0.6) is 0 Å². The van der Waals surface area contributed by atoms with Crippen LogP contribution in [0.3, 0.4) is 0 Å². The number of aliphatic hydroxyl groups is 1. The zero-order chi connectivity index (χ0) is 18.4. The molecule has 0 fully saturated rings. The molecule has 0 amide bonds. The number of aliphatic imine (C=N–C) groups is 1. The molecule has 8 heteroatoms. The van der Waals surface area contributed by atoms with E-state index >= 15 is 0 Å². The monoisotopic (exact) mass is 368 g/mol. The molecular formula is C18H13ClN4O3. The van der Waals surface area contributed by atoms with Crippen LogP contribution in [-0.4, -0.2) is 25.3 Å². The Kier molecular flexibility index (Phi) is 3.82. The van der Waals surface area contributed by atoms with Crippen molar-refractivity contribution in [2.24, 2.45) is 4.99 Å². The maximum atomic E-state index is 11.3. The Hall–Kier alpha value is -3.03. The summed E-state index contributed by atoms with van der Waals surface area (Å²) in [6.45, 7) is 1.84. The molecule has 4 rings (SSSR count). The van der Waals surface area contributed by atoms with Gasteiger partial charge in [-0.25, -0.2) is 9.98 Å². The number of benzene rings is 2. The minimum atomic E-state index is -1.22. The molecule has 0 saturated carbocycles. The van der Waals surface area contributed by atoms with Crippen LogP contribution in [0.15, 0.2) is 53.7 Å². The van der Waals surface area contributed by atoms with Crippen LogP contribution in [0.4, 0.5) is 5.69 Å². The van der Waals surface area contributed by atoms with Crippen LogP contribution >= 0.6 is 11.6 Å². The largest absolute Gasteiger partial charge is 0.365 e. The molecule has 0 spiro atoms. The summed E-state index contributed by atoms with van der Waals surface area (Å²) in [6, 6.07) is 11.5. The van der Waals surface area contributed by atoms with Gasteiger partial charge >= 0.3 is 0 Å². The van der Waals surface area contributed by atoms with Gasteiger partial charge in [0, 0.05) is 40.2 Å². The first-order chi connectivity index (χ1) is 12.5. The quantitative estimate of drug-likeness (QED) is 0.552. The highest BCUT2D eigenvalue weighted by molar-refractivity contribution is 6.35. The fraction of sp³-hybridized carbons (Fsp3) is 0.111. The van der Waals surface area contributed by atoms with Crippen LogP contribution in [0.2, 0.25) is 5.02 Å². The van der Waals surface area contributed by atoms with E-state index in [9.17, 15) is 15.2 Å². The van der Waals surface area contributed by atoms with Crippen molar-refractivity contribution in [3.05, 3.63) is 86.4 Å². The molecule has 0 bridgehead atoms. The first kappa shape index (κ1) is 16.4. The lowest BCUT2D eigenvalue weighted by Crippen LogP contribution is -2.09. The SMILES string of the molecule is Cc1cnc2n1-c1ccc([N+](=O)[O-])cc1C(c1ccccc1Cl)=NC2O. The molecule has 0 saturated heterocycles. The molecule has 0 aliphatic carbocycles. The summed E-state index contributed by atoms with van der Waals surface area (Å²) in [5.74, 6) is 0.347. The van der Waals surface area contributed by atoms with Gasteiger partial charge in [-0.3, -0.25) is 14.7 Å². The number of nitro benzene ring substituents is 1. The fourth-order valence-corrected chi connectivity index (χ4v) is 3.32. The summed E-state index contributed by atoms with van der Waals surface area (Å²) >= 11 is 6.33. The molecule has 2 heterocycles. The molecule has 7 nitrogen and oxygen atoms in total. The van der Waals surface area contributed by atoms with Gasteiger partial charge in [0.1, 0.15) is 0 Å². The number of aryl methyl sites for hydroxylation is 1. The predicted octanol–water partition coefficient (Wildman–Crippen LogP) is 3.58. The molecule has 1 aliphatic rings. The van der Waals surface area contributed by atoms with E-state index < -0.39 is 11.2 Å². The molecule has 1 aliphatic heterocycles. The zero-order valence-corrected chi connectivity index (χ0v) is 14.4. The lowest BCUT2D eigenvalue weighted by Gasteiger charge is -2.13. The summed E-state index contributed by atoms with van der Waals surface area (Å²) in [4.78, 5) is 19.4. The molecule has 3 aromatic rings. The molecule has 1 aromatic heterocycles. The number of nitro groups is 1. The number of nitrogens with zero attached hydrogens (tertiary/aromatic N) is 4. The van der Waals surface area contributed by atoms with Gasteiger partial charge in [-0.1, -0.05) is 29.8 Å². The van der Waals surface area contributed by atoms with Crippen molar-refractivity contribution in [3.63, 3.8) is 0 Å². The van der Waals surface area contributed by atoms with Crippen molar-refractivity contribution in [1.82, 2.24) is 9.55 Å². The fourth-order valence-electron chi connectivity index (χ4n) is 3.09. The Bertz CT molecular complexity index is 1070.